The predicted octanol–water partition coefficient (Wildman–Crippen LogP) is 3.62. The van der Waals surface area contributed by atoms with Crippen molar-refractivity contribution in [2.45, 2.75) is 39.0 Å². The van der Waals surface area contributed by atoms with E-state index in [4.69, 9.17) is 9.47 Å². The third-order valence-electron chi connectivity index (χ3n) is 4.24. The highest BCUT2D eigenvalue weighted by molar-refractivity contribution is 14.0. The van der Waals surface area contributed by atoms with Crippen LogP contribution in [0.3, 0.4) is 0 Å². The average molecular weight is 475 g/mol. The van der Waals surface area contributed by atoms with Gasteiger partial charge in [0.15, 0.2) is 5.96 Å². The standard InChI is InChI=1S/C20H33N3O2.HI/c1-3-21-20(23-14-15-25-16-18-7-8-18)22-13-5-4-6-17-9-11-19(24-2)12-10-17;/h9-12,18H,3-8,13-16H2,1-2H3,(H2,21,22,23);1H. The number of hydrogen-bond acceptors (Lipinski definition) is 3. The molecule has 2 N–H and O–H groups in total. The first-order valence-electron chi connectivity index (χ1n) is 9.54. The number of ether oxygens (including phenoxy) is 2. The van der Waals surface area contributed by atoms with Crippen LogP contribution >= 0.6 is 24.0 Å². The zero-order chi connectivity index (χ0) is 17.7. The van der Waals surface area contributed by atoms with Gasteiger partial charge in [0.2, 0.25) is 0 Å². The largest absolute Gasteiger partial charge is 0.497 e. The molecule has 1 aliphatic carbocycles. The van der Waals surface area contributed by atoms with Gasteiger partial charge in [-0.2, -0.15) is 0 Å². The normalized spacial score (nSPS) is 13.8. The maximum absolute atomic E-state index is 5.64. The van der Waals surface area contributed by atoms with E-state index in [-0.39, 0.29) is 24.0 Å². The molecule has 6 heteroatoms. The lowest BCUT2D eigenvalue weighted by Gasteiger charge is -2.11. The van der Waals surface area contributed by atoms with E-state index in [9.17, 15) is 0 Å². The molecule has 0 bridgehead atoms. The molecular weight excluding hydrogens is 441 g/mol. The number of nitrogens with zero attached hydrogens (tertiary/aromatic N) is 1. The smallest absolute Gasteiger partial charge is 0.191 e. The Morgan fingerprint density at radius 3 is 2.58 bits per heavy atom. The number of hydrogen-bond donors (Lipinski definition) is 2. The summed E-state index contributed by atoms with van der Waals surface area (Å²) >= 11 is 0. The van der Waals surface area contributed by atoms with Gasteiger partial charge in [-0.1, -0.05) is 12.1 Å². The maximum Gasteiger partial charge on any atom is 0.191 e. The molecule has 1 aliphatic rings. The van der Waals surface area contributed by atoms with Crippen molar-refractivity contribution in [2.24, 2.45) is 10.9 Å². The summed E-state index contributed by atoms with van der Waals surface area (Å²) in [5, 5.41) is 6.62. The number of guanidine groups is 1. The topological polar surface area (TPSA) is 54.9 Å². The van der Waals surface area contributed by atoms with Gasteiger partial charge in [-0.3, -0.25) is 4.99 Å². The first kappa shape index (κ1) is 23.0. The van der Waals surface area contributed by atoms with Crippen molar-refractivity contribution < 1.29 is 9.47 Å². The molecule has 0 aliphatic heterocycles. The molecule has 0 atom stereocenters. The van der Waals surface area contributed by atoms with Crippen LogP contribution in [0.25, 0.3) is 0 Å². The molecule has 0 unspecified atom stereocenters. The van der Waals surface area contributed by atoms with Crippen molar-refractivity contribution in [1.82, 2.24) is 10.6 Å². The van der Waals surface area contributed by atoms with Crippen LogP contribution in [0.2, 0.25) is 0 Å². The van der Waals surface area contributed by atoms with Crippen LogP contribution in [0.4, 0.5) is 0 Å². The van der Waals surface area contributed by atoms with Gasteiger partial charge in [0.25, 0.3) is 0 Å². The molecule has 2 rings (SSSR count). The minimum atomic E-state index is 0. The van der Waals surface area contributed by atoms with Gasteiger partial charge in [0, 0.05) is 26.2 Å². The SMILES string of the molecule is CCNC(=NCCCCc1ccc(OC)cc1)NCCOCC1CC1.I. The molecule has 0 radical (unpaired) electrons. The molecule has 148 valence electrons. The minimum absolute atomic E-state index is 0. The predicted molar refractivity (Wildman–Crippen MR) is 119 cm³/mol. The summed E-state index contributed by atoms with van der Waals surface area (Å²) in [5.41, 5.74) is 1.35. The lowest BCUT2D eigenvalue weighted by atomic mass is 10.1. The second kappa shape index (κ2) is 14.1. The highest BCUT2D eigenvalue weighted by Gasteiger charge is 2.20. The monoisotopic (exact) mass is 475 g/mol. The Hall–Kier alpha value is -1.02. The lowest BCUT2D eigenvalue weighted by molar-refractivity contribution is 0.129. The fourth-order valence-electron chi connectivity index (χ4n) is 2.54. The van der Waals surface area contributed by atoms with Crippen molar-refractivity contribution in [1.29, 1.82) is 0 Å². The third-order valence-corrected chi connectivity index (χ3v) is 4.24. The second-order valence-corrected chi connectivity index (χ2v) is 6.51. The van der Waals surface area contributed by atoms with Gasteiger partial charge in [-0.15, -0.1) is 24.0 Å². The maximum atomic E-state index is 5.64. The van der Waals surface area contributed by atoms with Gasteiger partial charge < -0.3 is 20.1 Å². The van der Waals surface area contributed by atoms with E-state index in [2.05, 4.69) is 34.7 Å². The van der Waals surface area contributed by atoms with E-state index in [1.807, 2.05) is 12.1 Å². The van der Waals surface area contributed by atoms with E-state index in [1.54, 1.807) is 7.11 Å². The summed E-state index contributed by atoms with van der Waals surface area (Å²) in [7, 11) is 1.70. The Morgan fingerprint density at radius 2 is 1.92 bits per heavy atom. The van der Waals surface area contributed by atoms with Crippen LogP contribution in [0.1, 0.15) is 38.2 Å². The van der Waals surface area contributed by atoms with E-state index in [1.165, 1.54) is 18.4 Å². The number of nitrogens with one attached hydrogen (secondary N) is 2. The molecule has 1 fully saturated rings. The fourth-order valence-corrected chi connectivity index (χ4v) is 2.54. The van der Waals surface area contributed by atoms with Crippen LogP contribution in [-0.4, -0.2) is 45.9 Å². The zero-order valence-electron chi connectivity index (χ0n) is 16.1. The number of benzene rings is 1. The van der Waals surface area contributed by atoms with Crippen molar-refractivity contribution >= 4 is 29.9 Å². The summed E-state index contributed by atoms with van der Waals surface area (Å²) in [6.45, 7) is 6.28. The molecule has 0 saturated heterocycles. The molecule has 0 spiro atoms. The minimum Gasteiger partial charge on any atom is -0.497 e. The van der Waals surface area contributed by atoms with Gasteiger partial charge in [0.1, 0.15) is 5.75 Å². The number of aliphatic imine (C=N–C) groups is 1. The summed E-state index contributed by atoms with van der Waals surface area (Å²) in [6, 6.07) is 8.31. The number of halogens is 1. The van der Waals surface area contributed by atoms with Crippen LogP contribution in [0.5, 0.6) is 5.75 Å². The summed E-state index contributed by atoms with van der Waals surface area (Å²) in [6.07, 6.45) is 5.99. The summed E-state index contributed by atoms with van der Waals surface area (Å²) < 4.78 is 10.8. The highest BCUT2D eigenvalue weighted by atomic mass is 127. The first-order valence-corrected chi connectivity index (χ1v) is 9.54. The van der Waals surface area contributed by atoms with Gasteiger partial charge >= 0.3 is 0 Å². The number of unbranched alkanes of at least 4 members (excludes halogenated alkanes) is 1. The van der Waals surface area contributed by atoms with E-state index >= 15 is 0 Å². The fraction of sp³-hybridized carbons (Fsp3) is 0.650. The number of methoxy groups -OCH3 is 1. The first-order chi connectivity index (χ1) is 12.3. The summed E-state index contributed by atoms with van der Waals surface area (Å²) in [4.78, 5) is 4.64. The highest BCUT2D eigenvalue weighted by Crippen LogP contribution is 2.28. The quantitative estimate of drug-likeness (QED) is 0.210. The van der Waals surface area contributed by atoms with Crippen LogP contribution in [0, 0.1) is 5.92 Å². The summed E-state index contributed by atoms with van der Waals surface area (Å²) in [5.74, 6) is 2.63. The Balaban J connectivity index is 0.00000338. The van der Waals surface area contributed by atoms with Gasteiger partial charge in [-0.05, 0) is 62.6 Å². The Bertz CT molecular complexity index is 504. The van der Waals surface area contributed by atoms with E-state index in [0.29, 0.717) is 0 Å². The van der Waals surface area contributed by atoms with Crippen molar-refractivity contribution in [3.8, 4) is 5.75 Å². The zero-order valence-corrected chi connectivity index (χ0v) is 18.5. The van der Waals surface area contributed by atoms with Crippen LogP contribution in [-0.2, 0) is 11.2 Å². The van der Waals surface area contributed by atoms with E-state index < -0.39 is 0 Å². The molecular formula is C20H34IN3O2. The molecule has 0 amide bonds. The Morgan fingerprint density at radius 1 is 1.15 bits per heavy atom. The van der Waals surface area contributed by atoms with Crippen LogP contribution in [0.15, 0.2) is 29.3 Å². The van der Waals surface area contributed by atoms with Crippen molar-refractivity contribution in [3.05, 3.63) is 29.8 Å². The van der Waals surface area contributed by atoms with Crippen LogP contribution < -0.4 is 15.4 Å². The molecule has 1 saturated carbocycles. The molecule has 26 heavy (non-hydrogen) atoms. The Labute approximate surface area is 175 Å². The Kier molecular flexibility index (Phi) is 12.5. The molecule has 1 aromatic carbocycles. The average Bonchev–Trinajstić information content (AvgIpc) is 3.46. The number of rotatable bonds is 12. The van der Waals surface area contributed by atoms with Gasteiger partial charge in [-0.25, -0.2) is 0 Å². The lowest BCUT2D eigenvalue weighted by Crippen LogP contribution is -2.39. The van der Waals surface area contributed by atoms with Crippen molar-refractivity contribution in [3.63, 3.8) is 0 Å². The molecule has 0 aromatic heterocycles. The second-order valence-electron chi connectivity index (χ2n) is 6.51. The van der Waals surface area contributed by atoms with Crippen molar-refractivity contribution in [2.75, 3.05) is 40.0 Å². The number of aryl methyl sites for hydroxylation is 1. The molecule has 1 aromatic rings. The van der Waals surface area contributed by atoms with E-state index in [0.717, 1.165) is 69.7 Å². The molecule has 5 nitrogen and oxygen atoms in total. The van der Waals surface area contributed by atoms with Gasteiger partial charge in [0.05, 0.1) is 13.7 Å². The molecule has 0 heterocycles. The third kappa shape index (κ3) is 10.2.